The number of nitrogens with zero attached hydrogens (tertiary/aromatic N) is 1. The van der Waals surface area contributed by atoms with Gasteiger partial charge in [0, 0.05) is 24.2 Å². The van der Waals surface area contributed by atoms with Gasteiger partial charge >= 0.3 is 0 Å². The number of halogens is 1. The molecule has 1 aromatic rings. The lowest BCUT2D eigenvalue weighted by Crippen LogP contribution is -2.37. The molecule has 1 N–H and O–H groups in total. The molecule has 2 rings (SSSR count). The minimum Gasteiger partial charge on any atom is -0.342 e. The van der Waals surface area contributed by atoms with Crippen molar-refractivity contribution in [2.75, 3.05) is 19.6 Å². The van der Waals surface area contributed by atoms with Gasteiger partial charge in [-0.15, -0.1) is 0 Å². The average molecular weight is 295 g/mol. The summed E-state index contributed by atoms with van der Waals surface area (Å²) in [6, 6.07) is 8.11. The Kier molecular flexibility index (Phi) is 5.86. The maximum Gasteiger partial charge on any atom is 0.236 e. The van der Waals surface area contributed by atoms with Crippen LogP contribution in [0.2, 0.25) is 5.02 Å². The molecule has 1 atom stereocenters. The summed E-state index contributed by atoms with van der Waals surface area (Å²) >= 11 is 5.93. The van der Waals surface area contributed by atoms with Crippen molar-refractivity contribution in [2.24, 2.45) is 0 Å². The lowest BCUT2D eigenvalue weighted by molar-refractivity contribution is -0.129. The van der Waals surface area contributed by atoms with Crippen LogP contribution in [-0.4, -0.2) is 30.4 Å². The van der Waals surface area contributed by atoms with E-state index < -0.39 is 0 Å². The van der Waals surface area contributed by atoms with Crippen molar-refractivity contribution in [3.05, 3.63) is 34.9 Å². The summed E-state index contributed by atoms with van der Waals surface area (Å²) in [7, 11) is 0. The van der Waals surface area contributed by atoms with Gasteiger partial charge in [0.15, 0.2) is 0 Å². The Morgan fingerprint density at radius 1 is 1.30 bits per heavy atom. The number of amides is 1. The minimum atomic E-state index is 0.220. The fourth-order valence-corrected chi connectivity index (χ4v) is 2.79. The Balaban J connectivity index is 1.91. The van der Waals surface area contributed by atoms with Gasteiger partial charge in [0.1, 0.15) is 0 Å². The lowest BCUT2D eigenvalue weighted by Gasteiger charge is -2.21. The van der Waals surface area contributed by atoms with Crippen LogP contribution in [0.3, 0.4) is 0 Å². The molecule has 20 heavy (non-hydrogen) atoms. The van der Waals surface area contributed by atoms with Crippen LogP contribution < -0.4 is 5.32 Å². The second-order valence-corrected chi connectivity index (χ2v) is 5.80. The number of hydrogen-bond acceptors (Lipinski definition) is 2. The second-order valence-electron chi connectivity index (χ2n) is 5.36. The highest BCUT2D eigenvalue weighted by molar-refractivity contribution is 6.30. The minimum absolute atomic E-state index is 0.220. The van der Waals surface area contributed by atoms with Gasteiger partial charge in [-0.05, 0) is 37.0 Å². The van der Waals surface area contributed by atoms with Crippen LogP contribution in [0.4, 0.5) is 0 Å². The first-order chi connectivity index (χ1) is 9.70. The third kappa shape index (κ3) is 4.22. The van der Waals surface area contributed by atoms with E-state index in [2.05, 4.69) is 12.2 Å². The number of likely N-dealkylation sites (tertiary alicyclic amines) is 1. The van der Waals surface area contributed by atoms with E-state index in [1.165, 1.54) is 5.56 Å². The molecule has 1 unspecified atom stereocenters. The van der Waals surface area contributed by atoms with Gasteiger partial charge < -0.3 is 10.2 Å². The van der Waals surface area contributed by atoms with Crippen molar-refractivity contribution in [3.8, 4) is 0 Å². The number of rotatable bonds is 6. The van der Waals surface area contributed by atoms with Crippen LogP contribution in [0.25, 0.3) is 0 Å². The fourth-order valence-electron chi connectivity index (χ4n) is 2.66. The summed E-state index contributed by atoms with van der Waals surface area (Å²) < 4.78 is 0. The Labute approximate surface area is 126 Å². The summed E-state index contributed by atoms with van der Waals surface area (Å²) in [5.74, 6) is 0.220. The second kappa shape index (κ2) is 7.65. The van der Waals surface area contributed by atoms with Gasteiger partial charge in [-0.25, -0.2) is 0 Å². The van der Waals surface area contributed by atoms with Gasteiger partial charge in [-0.1, -0.05) is 37.1 Å². The van der Waals surface area contributed by atoms with E-state index in [-0.39, 0.29) is 11.9 Å². The summed E-state index contributed by atoms with van der Waals surface area (Å²) in [4.78, 5) is 14.0. The summed E-state index contributed by atoms with van der Waals surface area (Å²) in [5.41, 5.74) is 1.20. The van der Waals surface area contributed by atoms with E-state index in [0.717, 1.165) is 43.8 Å². The van der Waals surface area contributed by atoms with Gasteiger partial charge in [0.05, 0.1) is 6.54 Å². The maximum absolute atomic E-state index is 12.1. The molecule has 0 aliphatic carbocycles. The van der Waals surface area contributed by atoms with E-state index in [9.17, 15) is 4.79 Å². The number of hydrogen-bond donors (Lipinski definition) is 1. The zero-order chi connectivity index (χ0) is 14.4. The highest BCUT2D eigenvalue weighted by Crippen LogP contribution is 2.20. The monoisotopic (exact) mass is 294 g/mol. The Hall–Kier alpha value is -1.06. The van der Waals surface area contributed by atoms with E-state index in [0.29, 0.717) is 6.54 Å². The Morgan fingerprint density at radius 2 is 1.95 bits per heavy atom. The molecule has 1 fully saturated rings. The standard InChI is InChI=1S/C16H23ClN2O/c1-2-5-15(13-6-8-14(17)9-7-13)18-12-16(20)19-10-3-4-11-19/h6-9,15,18H,2-5,10-12H2,1H3. The fraction of sp³-hybridized carbons (Fsp3) is 0.562. The van der Waals surface area contributed by atoms with Crippen LogP contribution in [0.5, 0.6) is 0 Å². The quantitative estimate of drug-likeness (QED) is 0.872. The van der Waals surface area contributed by atoms with Crippen molar-refractivity contribution in [3.63, 3.8) is 0 Å². The first-order valence-electron chi connectivity index (χ1n) is 7.47. The molecule has 0 aromatic heterocycles. The molecule has 1 saturated heterocycles. The molecule has 1 aromatic carbocycles. The number of benzene rings is 1. The first-order valence-corrected chi connectivity index (χ1v) is 7.85. The van der Waals surface area contributed by atoms with Crippen molar-refractivity contribution in [1.82, 2.24) is 10.2 Å². The predicted molar refractivity (Wildman–Crippen MR) is 82.9 cm³/mol. The first kappa shape index (κ1) is 15.3. The number of nitrogens with one attached hydrogen (secondary N) is 1. The zero-order valence-electron chi connectivity index (χ0n) is 12.1. The summed E-state index contributed by atoms with van der Waals surface area (Å²) in [5, 5.41) is 4.15. The van der Waals surface area contributed by atoms with Gasteiger partial charge in [-0.2, -0.15) is 0 Å². The van der Waals surface area contributed by atoms with E-state index in [1.807, 2.05) is 29.2 Å². The molecule has 1 amide bonds. The molecule has 0 spiro atoms. The van der Waals surface area contributed by atoms with E-state index >= 15 is 0 Å². The third-order valence-electron chi connectivity index (χ3n) is 3.81. The molecule has 3 nitrogen and oxygen atoms in total. The SMILES string of the molecule is CCCC(NCC(=O)N1CCCC1)c1ccc(Cl)cc1. The zero-order valence-corrected chi connectivity index (χ0v) is 12.8. The van der Waals surface area contributed by atoms with Gasteiger partial charge in [0.2, 0.25) is 5.91 Å². The van der Waals surface area contributed by atoms with Crippen molar-refractivity contribution >= 4 is 17.5 Å². The molecule has 110 valence electrons. The topological polar surface area (TPSA) is 32.3 Å². The van der Waals surface area contributed by atoms with E-state index in [1.54, 1.807) is 0 Å². The molecular weight excluding hydrogens is 272 g/mol. The van der Waals surface area contributed by atoms with Gasteiger partial charge in [0.25, 0.3) is 0 Å². The summed E-state index contributed by atoms with van der Waals surface area (Å²) in [6.07, 6.45) is 4.38. The van der Waals surface area contributed by atoms with Gasteiger partial charge in [-0.3, -0.25) is 4.79 Å². The molecule has 0 radical (unpaired) electrons. The smallest absolute Gasteiger partial charge is 0.236 e. The predicted octanol–water partition coefficient (Wildman–Crippen LogP) is 3.39. The molecule has 0 bridgehead atoms. The molecular formula is C16H23ClN2O. The van der Waals surface area contributed by atoms with Crippen molar-refractivity contribution < 1.29 is 4.79 Å². The maximum atomic E-state index is 12.1. The molecule has 1 aliphatic rings. The van der Waals surface area contributed by atoms with Crippen LogP contribution in [-0.2, 0) is 4.79 Å². The van der Waals surface area contributed by atoms with Crippen LogP contribution >= 0.6 is 11.6 Å². The van der Waals surface area contributed by atoms with Crippen molar-refractivity contribution in [1.29, 1.82) is 0 Å². The molecule has 4 heteroatoms. The van der Waals surface area contributed by atoms with Crippen LogP contribution in [0.1, 0.15) is 44.2 Å². The highest BCUT2D eigenvalue weighted by Gasteiger charge is 2.19. The highest BCUT2D eigenvalue weighted by atomic mass is 35.5. The molecule has 1 heterocycles. The number of carbonyl (C=O) groups excluding carboxylic acids is 1. The normalized spacial score (nSPS) is 16.4. The van der Waals surface area contributed by atoms with Crippen molar-refractivity contribution in [2.45, 2.75) is 38.6 Å². The molecule has 0 saturated carbocycles. The Bertz CT molecular complexity index is 427. The molecule has 1 aliphatic heterocycles. The Morgan fingerprint density at radius 3 is 2.55 bits per heavy atom. The lowest BCUT2D eigenvalue weighted by atomic mass is 10.0. The average Bonchev–Trinajstić information content (AvgIpc) is 2.98. The van der Waals surface area contributed by atoms with E-state index in [4.69, 9.17) is 11.6 Å². The van der Waals surface area contributed by atoms with Crippen LogP contribution in [0, 0.1) is 0 Å². The largest absolute Gasteiger partial charge is 0.342 e. The number of carbonyl (C=O) groups is 1. The summed E-state index contributed by atoms with van der Waals surface area (Å²) in [6.45, 7) is 4.42. The van der Waals surface area contributed by atoms with Crippen LogP contribution in [0.15, 0.2) is 24.3 Å². The third-order valence-corrected chi connectivity index (χ3v) is 4.06.